The fourth-order valence-corrected chi connectivity index (χ4v) is 1.39. The molecule has 0 unspecified atom stereocenters. The van der Waals surface area contributed by atoms with E-state index in [0.29, 0.717) is 0 Å². The predicted molar refractivity (Wildman–Crippen MR) is 55.8 cm³/mol. The minimum Gasteiger partial charge on any atom is -0.207 e. The minimum atomic E-state index is -0.196. The van der Waals surface area contributed by atoms with Gasteiger partial charge in [-0.05, 0) is 42.7 Å². The van der Waals surface area contributed by atoms with E-state index in [1.54, 1.807) is 18.3 Å². The third kappa shape index (κ3) is 2.84. The number of halogens is 1. The molecule has 15 heavy (non-hydrogen) atoms. The van der Waals surface area contributed by atoms with Crippen LogP contribution in [0.5, 0.6) is 0 Å². The molecule has 0 fully saturated rings. The van der Waals surface area contributed by atoms with Crippen LogP contribution in [0.1, 0.15) is 11.3 Å². The van der Waals surface area contributed by atoms with E-state index in [4.69, 9.17) is 0 Å². The number of hydrogen-bond donors (Lipinski definition) is 0. The Morgan fingerprint density at radius 1 is 1.00 bits per heavy atom. The lowest BCUT2D eigenvalue weighted by Gasteiger charge is -2.00. The summed E-state index contributed by atoms with van der Waals surface area (Å²) in [5.41, 5.74) is 2.07. The number of aromatic nitrogens is 2. The molecule has 0 N–H and O–H groups in total. The van der Waals surface area contributed by atoms with Crippen LogP contribution in [0, 0.1) is 5.82 Å². The fourth-order valence-electron chi connectivity index (χ4n) is 1.39. The molecule has 2 aromatic rings. The lowest BCUT2D eigenvalue weighted by Crippen LogP contribution is -1.95. The largest absolute Gasteiger partial charge is 0.207 e. The molecule has 0 radical (unpaired) electrons. The molecular weight excluding hydrogens is 191 g/mol. The van der Waals surface area contributed by atoms with Gasteiger partial charge in [0.05, 0.1) is 5.69 Å². The van der Waals surface area contributed by atoms with E-state index in [1.165, 1.54) is 12.1 Å². The summed E-state index contributed by atoms with van der Waals surface area (Å²) in [4.78, 5) is 0. The summed E-state index contributed by atoms with van der Waals surface area (Å²) in [5, 5.41) is 7.79. The Morgan fingerprint density at radius 2 is 1.80 bits per heavy atom. The number of benzene rings is 1. The topological polar surface area (TPSA) is 25.8 Å². The Kier molecular flexibility index (Phi) is 3.02. The molecule has 0 aliphatic rings. The van der Waals surface area contributed by atoms with Gasteiger partial charge >= 0.3 is 0 Å². The average molecular weight is 202 g/mol. The van der Waals surface area contributed by atoms with Crippen molar-refractivity contribution in [2.45, 2.75) is 12.8 Å². The van der Waals surface area contributed by atoms with E-state index in [2.05, 4.69) is 10.2 Å². The van der Waals surface area contributed by atoms with Crippen molar-refractivity contribution in [1.82, 2.24) is 10.2 Å². The van der Waals surface area contributed by atoms with Gasteiger partial charge in [0.15, 0.2) is 0 Å². The molecule has 1 aromatic carbocycles. The van der Waals surface area contributed by atoms with Crippen LogP contribution in [0.3, 0.4) is 0 Å². The van der Waals surface area contributed by atoms with Gasteiger partial charge in [0.2, 0.25) is 0 Å². The van der Waals surface area contributed by atoms with Gasteiger partial charge in [0, 0.05) is 6.20 Å². The molecule has 1 heterocycles. The SMILES string of the molecule is Fc1ccc(CCc2cccnn2)cc1. The van der Waals surface area contributed by atoms with Crippen LogP contribution in [0.15, 0.2) is 42.6 Å². The van der Waals surface area contributed by atoms with Crippen LogP contribution in [-0.2, 0) is 12.8 Å². The molecule has 0 aliphatic heterocycles. The van der Waals surface area contributed by atoms with Crippen molar-refractivity contribution in [1.29, 1.82) is 0 Å². The zero-order valence-electron chi connectivity index (χ0n) is 8.23. The average Bonchev–Trinajstić information content (AvgIpc) is 2.30. The number of nitrogens with zero attached hydrogens (tertiary/aromatic N) is 2. The van der Waals surface area contributed by atoms with Crippen molar-refractivity contribution in [3.8, 4) is 0 Å². The van der Waals surface area contributed by atoms with Crippen molar-refractivity contribution >= 4 is 0 Å². The van der Waals surface area contributed by atoms with E-state index in [-0.39, 0.29) is 5.82 Å². The van der Waals surface area contributed by atoms with Crippen LogP contribution in [-0.4, -0.2) is 10.2 Å². The van der Waals surface area contributed by atoms with Crippen molar-refractivity contribution in [2.24, 2.45) is 0 Å². The molecule has 1 aromatic heterocycles. The van der Waals surface area contributed by atoms with Gasteiger partial charge in [-0.3, -0.25) is 0 Å². The lowest BCUT2D eigenvalue weighted by atomic mass is 10.1. The Balaban J connectivity index is 1.96. The molecule has 0 aliphatic carbocycles. The monoisotopic (exact) mass is 202 g/mol. The first-order chi connectivity index (χ1) is 7.34. The highest BCUT2D eigenvalue weighted by Gasteiger charge is 1.97. The highest BCUT2D eigenvalue weighted by Crippen LogP contribution is 2.06. The third-order valence-electron chi connectivity index (χ3n) is 2.21. The standard InChI is InChI=1S/C12H11FN2/c13-11-6-3-10(4-7-11)5-8-12-2-1-9-14-15-12/h1-4,6-7,9H,5,8H2. The molecule has 2 nitrogen and oxygen atoms in total. The van der Waals surface area contributed by atoms with E-state index in [1.807, 2.05) is 12.1 Å². The maximum Gasteiger partial charge on any atom is 0.123 e. The zero-order valence-corrected chi connectivity index (χ0v) is 8.23. The molecule has 0 atom stereocenters. The van der Waals surface area contributed by atoms with Gasteiger partial charge in [-0.2, -0.15) is 10.2 Å². The summed E-state index contributed by atoms with van der Waals surface area (Å²) < 4.78 is 12.6. The van der Waals surface area contributed by atoms with E-state index in [0.717, 1.165) is 24.1 Å². The summed E-state index contributed by atoms with van der Waals surface area (Å²) in [6.45, 7) is 0. The summed E-state index contributed by atoms with van der Waals surface area (Å²) in [6, 6.07) is 10.4. The van der Waals surface area contributed by atoms with Crippen molar-refractivity contribution in [3.63, 3.8) is 0 Å². The van der Waals surface area contributed by atoms with Crippen molar-refractivity contribution in [3.05, 3.63) is 59.7 Å². The maximum atomic E-state index is 12.6. The van der Waals surface area contributed by atoms with Crippen LogP contribution in [0.4, 0.5) is 4.39 Å². The second-order valence-corrected chi connectivity index (χ2v) is 3.34. The molecule has 0 spiro atoms. The molecular formula is C12H11FN2. The summed E-state index contributed by atoms with van der Waals surface area (Å²) in [7, 11) is 0. The summed E-state index contributed by atoms with van der Waals surface area (Å²) in [6.07, 6.45) is 3.35. The highest BCUT2D eigenvalue weighted by molar-refractivity contribution is 5.17. The van der Waals surface area contributed by atoms with Crippen LogP contribution in [0.2, 0.25) is 0 Å². The van der Waals surface area contributed by atoms with E-state index >= 15 is 0 Å². The van der Waals surface area contributed by atoms with Crippen molar-refractivity contribution in [2.75, 3.05) is 0 Å². The molecule has 0 amide bonds. The summed E-state index contributed by atoms with van der Waals surface area (Å²) >= 11 is 0. The Bertz CT molecular complexity index is 411. The first-order valence-electron chi connectivity index (χ1n) is 4.85. The van der Waals surface area contributed by atoms with Crippen molar-refractivity contribution < 1.29 is 4.39 Å². The number of rotatable bonds is 3. The van der Waals surface area contributed by atoms with E-state index in [9.17, 15) is 4.39 Å². The molecule has 2 rings (SSSR count). The molecule has 0 bridgehead atoms. The first-order valence-corrected chi connectivity index (χ1v) is 4.85. The van der Waals surface area contributed by atoms with Gasteiger partial charge in [-0.1, -0.05) is 12.1 Å². The predicted octanol–water partition coefficient (Wildman–Crippen LogP) is 2.40. The second kappa shape index (κ2) is 4.64. The first kappa shape index (κ1) is 9.77. The Labute approximate surface area is 87.8 Å². The van der Waals surface area contributed by atoms with E-state index < -0.39 is 0 Å². The number of hydrogen-bond acceptors (Lipinski definition) is 2. The van der Waals surface area contributed by atoms with Gasteiger partial charge in [0.25, 0.3) is 0 Å². The number of aryl methyl sites for hydroxylation is 2. The minimum absolute atomic E-state index is 0.196. The quantitative estimate of drug-likeness (QED) is 0.763. The normalized spacial score (nSPS) is 10.2. The Morgan fingerprint density at radius 3 is 2.47 bits per heavy atom. The van der Waals surface area contributed by atoms with Crippen LogP contribution in [0.25, 0.3) is 0 Å². The van der Waals surface area contributed by atoms with Gasteiger partial charge in [0.1, 0.15) is 5.82 Å². The smallest absolute Gasteiger partial charge is 0.123 e. The van der Waals surface area contributed by atoms with Gasteiger partial charge in [-0.25, -0.2) is 4.39 Å². The summed E-state index contributed by atoms with van der Waals surface area (Å²) in [5.74, 6) is -0.196. The van der Waals surface area contributed by atoms with Crippen LogP contribution >= 0.6 is 0 Å². The highest BCUT2D eigenvalue weighted by atomic mass is 19.1. The molecule has 76 valence electrons. The molecule has 3 heteroatoms. The fraction of sp³-hybridized carbons (Fsp3) is 0.167. The van der Waals surface area contributed by atoms with Gasteiger partial charge < -0.3 is 0 Å². The lowest BCUT2D eigenvalue weighted by molar-refractivity contribution is 0.627. The molecule has 0 saturated carbocycles. The Hall–Kier alpha value is -1.77. The maximum absolute atomic E-state index is 12.6. The van der Waals surface area contributed by atoms with Gasteiger partial charge in [-0.15, -0.1) is 0 Å². The second-order valence-electron chi connectivity index (χ2n) is 3.34. The van der Waals surface area contributed by atoms with Crippen LogP contribution < -0.4 is 0 Å². The third-order valence-corrected chi connectivity index (χ3v) is 2.21. The zero-order chi connectivity index (χ0) is 10.5. The molecule has 0 saturated heterocycles.